The molecule has 0 amide bonds. The summed E-state index contributed by atoms with van der Waals surface area (Å²) in [6, 6.07) is 3.76. The zero-order chi connectivity index (χ0) is 11.3. The predicted molar refractivity (Wildman–Crippen MR) is 57.8 cm³/mol. The van der Waals surface area contributed by atoms with Gasteiger partial charge in [-0.1, -0.05) is 19.9 Å². The molecule has 0 radical (unpaired) electrons. The van der Waals surface area contributed by atoms with Gasteiger partial charge in [0.25, 0.3) is 0 Å². The Bertz CT molecular complexity index is 312. The molecule has 1 N–H and O–H groups in total. The first kappa shape index (κ1) is 12.1. The van der Waals surface area contributed by atoms with E-state index >= 15 is 0 Å². The zero-order valence-corrected chi connectivity index (χ0v) is 9.19. The summed E-state index contributed by atoms with van der Waals surface area (Å²) in [5.74, 6) is -0.612. The van der Waals surface area contributed by atoms with E-state index in [2.05, 4.69) is 5.32 Å². The summed E-state index contributed by atoms with van der Waals surface area (Å²) in [4.78, 5) is 0. The number of rotatable bonds is 5. The standard InChI is InChI=1S/C12H17F2N/c1-3-15-8-9(2)6-10-4-5-11(13)7-12(10)14/h4-5,7,9,15H,3,6,8H2,1-2H3. The molecule has 1 aromatic rings. The van der Waals surface area contributed by atoms with Crippen molar-refractivity contribution >= 4 is 0 Å². The second-order valence-electron chi connectivity index (χ2n) is 3.85. The normalized spacial score (nSPS) is 12.8. The average Bonchev–Trinajstić information content (AvgIpc) is 2.19. The van der Waals surface area contributed by atoms with Gasteiger partial charge in [0.05, 0.1) is 0 Å². The lowest BCUT2D eigenvalue weighted by Gasteiger charge is -2.12. The molecular formula is C12H17F2N. The van der Waals surface area contributed by atoms with Crippen molar-refractivity contribution in [1.29, 1.82) is 0 Å². The summed E-state index contributed by atoms with van der Waals surface area (Å²) < 4.78 is 25.9. The first-order chi connectivity index (χ1) is 7.13. The molecule has 0 saturated carbocycles. The molecule has 0 heterocycles. The second kappa shape index (κ2) is 5.81. The molecule has 0 fully saturated rings. The summed E-state index contributed by atoms with van der Waals surface area (Å²) >= 11 is 0. The van der Waals surface area contributed by atoms with Crippen molar-refractivity contribution in [3.8, 4) is 0 Å². The van der Waals surface area contributed by atoms with Crippen molar-refractivity contribution in [3.05, 3.63) is 35.4 Å². The minimum atomic E-state index is -0.518. The Morgan fingerprint density at radius 2 is 2.07 bits per heavy atom. The molecule has 0 aliphatic carbocycles. The Hall–Kier alpha value is -0.960. The molecule has 1 nitrogen and oxygen atoms in total. The van der Waals surface area contributed by atoms with Gasteiger partial charge >= 0.3 is 0 Å². The molecule has 1 rings (SSSR count). The van der Waals surface area contributed by atoms with Crippen molar-refractivity contribution < 1.29 is 8.78 Å². The molecular weight excluding hydrogens is 196 g/mol. The van der Waals surface area contributed by atoms with Crippen LogP contribution >= 0.6 is 0 Å². The number of hydrogen-bond donors (Lipinski definition) is 1. The molecule has 3 heteroatoms. The average molecular weight is 213 g/mol. The summed E-state index contributed by atoms with van der Waals surface area (Å²) in [5.41, 5.74) is 0.585. The van der Waals surface area contributed by atoms with E-state index in [4.69, 9.17) is 0 Å². The van der Waals surface area contributed by atoms with E-state index in [0.29, 0.717) is 17.9 Å². The molecule has 0 saturated heterocycles. The van der Waals surface area contributed by atoms with Gasteiger partial charge in [-0.25, -0.2) is 8.78 Å². The van der Waals surface area contributed by atoms with E-state index in [-0.39, 0.29) is 0 Å². The molecule has 15 heavy (non-hydrogen) atoms. The van der Waals surface area contributed by atoms with Crippen LogP contribution in [-0.2, 0) is 6.42 Å². The van der Waals surface area contributed by atoms with E-state index in [0.717, 1.165) is 19.2 Å². The Morgan fingerprint density at radius 3 is 2.67 bits per heavy atom. The van der Waals surface area contributed by atoms with Gasteiger partial charge in [0.15, 0.2) is 0 Å². The molecule has 0 aliphatic rings. The van der Waals surface area contributed by atoms with Crippen LogP contribution in [0.25, 0.3) is 0 Å². The van der Waals surface area contributed by atoms with Gasteiger partial charge in [0, 0.05) is 6.07 Å². The monoisotopic (exact) mass is 213 g/mol. The lowest BCUT2D eigenvalue weighted by Crippen LogP contribution is -2.22. The van der Waals surface area contributed by atoms with Gasteiger partial charge in [0.2, 0.25) is 0 Å². The highest BCUT2D eigenvalue weighted by Gasteiger charge is 2.08. The Labute approximate surface area is 89.5 Å². The Morgan fingerprint density at radius 1 is 1.33 bits per heavy atom. The molecule has 84 valence electrons. The first-order valence-corrected chi connectivity index (χ1v) is 5.28. The zero-order valence-electron chi connectivity index (χ0n) is 9.19. The smallest absolute Gasteiger partial charge is 0.129 e. The van der Waals surface area contributed by atoms with Crippen molar-refractivity contribution in [3.63, 3.8) is 0 Å². The third-order valence-electron chi connectivity index (χ3n) is 2.33. The maximum atomic E-state index is 13.3. The minimum Gasteiger partial charge on any atom is -0.317 e. The van der Waals surface area contributed by atoms with Crippen molar-refractivity contribution in [2.45, 2.75) is 20.3 Å². The number of benzene rings is 1. The third-order valence-corrected chi connectivity index (χ3v) is 2.33. The molecule has 0 aliphatic heterocycles. The highest BCUT2D eigenvalue weighted by Crippen LogP contribution is 2.13. The van der Waals surface area contributed by atoms with E-state index in [1.54, 1.807) is 0 Å². The lowest BCUT2D eigenvalue weighted by atomic mass is 10.0. The molecule has 0 bridgehead atoms. The molecule has 1 atom stereocenters. The topological polar surface area (TPSA) is 12.0 Å². The summed E-state index contributed by atoms with van der Waals surface area (Å²) in [6.45, 7) is 5.85. The van der Waals surface area contributed by atoms with Crippen LogP contribution in [0.3, 0.4) is 0 Å². The van der Waals surface area contributed by atoms with Crippen LogP contribution in [0.1, 0.15) is 19.4 Å². The summed E-state index contributed by atoms with van der Waals surface area (Å²) in [7, 11) is 0. The largest absolute Gasteiger partial charge is 0.317 e. The molecule has 1 unspecified atom stereocenters. The van der Waals surface area contributed by atoms with Gasteiger partial charge in [-0.05, 0) is 37.1 Å². The Balaban J connectivity index is 2.56. The molecule has 0 aromatic heterocycles. The van der Waals surface area contributed by atoms with Crippen molar-refractivity contribution in [1.82, 2.24) is 5.32 Å². The van der Waals surface area contributed by atoms with E-state index in [1.165, 1.54) is 12.1 Å². The van der Waals surface area contributed by atoms with Gasteiger partial charge < -0.3 is 5.32 Å². The number of hydrogen-bond acceptors (Lipinski definition) is 1. The lowest BCUT2D eigenvalue weighted by molar-refractivity contribution is 0.501. The number of halogens is 2. The van der Waals surface area contributed by atoms with Crippen molar-refractivity contribution in [2.75, 3.05) is 13.1 Å². The van der Waals surface area contributed by atoms with Crippen LogP contribution in [0, 0.1) is 17.6 Å². The summed E-state index contributed by atoms with van der Waals surface area (Å²) in [6.07, 6.45) is 0.638. The fourth-order valence-corrected chi connectivity index (χ4v) is 1.53. The summed E-state index contributed by atoms with van der Waals surface area (Å²) in [5, 5.41) is 3.20. The maximum Gasteiger partial charge on any atom is 0.129 e. The van der Waals surface area contributed by atoms with Crippen LogP contribution in [-0.4, -0.2) is 13.1 Å². The van der Waals surface area contributed by atoms with E-state index in [9.17, 15) is 8.78 Å². The Kier molecular flexibility index (Phi) is 4.69. The minimum absolute atomic E-state index is 0.352. The van der Waals surface area contributed by atoms with E-state index < -0.39 is 11.6 Å². The molecule has 0 spiro atoms. The van der Waals surface area contributed by atoms with Gasteiger partial charge in [-0.3, -0.25) is 0 Å². The van der Waals surface area contributed by atoms with Crippen molar-refractivity contribution in [2.24, 2.45) is 5.92 Å². The third kappa shape index (κ3) is 3.96. The highest BCUT2D eigenvalue weighted by molar-refractivity contribution is 5.19. The van der Waals surface area contributed by atoms with Crippen LogP contribution in [0.15, 0.2) is 18.2 Å². The van der Waals surface area contributed by atoms with Crippen LogP contribution in [0.4, 0.5) is 8.78 Å². The molecule has 1 aromatic carbocycles. The van der Waals surface area contributed by atoms with Crippen LogP contribution < -0.4 is 5.32 Å². The first-order valence-electron chi connectivity index (χ1n) is 5.28. The van der Waals surface area contributed by atoms with Crippen LogP contribution in [0.5, 0.6) is 0 Å². The predicted octanol–water partition coefficient (Wildman–Crippen LogP) is 2.75. The SMILES string of the molecule is CCNCC(C)Cc1ccc(F)cc1F. The van der Waals surface area contributed by atoms with Gasteiger partial charge in [0.1, 0.15) is 11.6 Å². The quantitative estimate of drug-likeness (QED) is 0.793. The van der Waals surface area contributed by atoms with Crippen LogP contribution in [0.2, 0.25) is 0 Å². The van der Waals surface area contributed by atoms with Gasteiger partial charge in [-0.2, -0.15) is 0 Å². The highest BCUT2D eigenvalue weighted by atomic mass is 19.1. The second-order valence-corrected chi connectivity index (χ2v) is 3.85. The fourth-order valence-electron chi connectivity index (χ4n) is 1.53. The fraction of sp³-hybridized carbons (Fsp3) is 0.500. The van der Waals surface area contributed by atoms with E-state index in [1.807, 2.05) is 13.8 Å². The number of nitrogens with one attached hydrogen (secondary N) is 1. The van der Waals surface area contributed by atoms with Gasteiger partial charge in [-0.15, -0.1) is 0 Å². The maximum absolute atomic E-state index is 13.3.